The fraction of sp³-hybridized carbons (Fsp3) is 0.500. The Balaban J connectivity index is 1.41. The molecule has 2 aromatic rings. The average molecular weight is 506 g/mol. The number of hydrogen-bond acceptors (Lipinski definition) is 7. The quantitative estimate of drug-likeness (QED) is 0.620. The van der Waals surface area contributed by atoms with Crippen LogP contribution in [-0.4, -0.2) is 45.9 Å². The van der Waals surface area contributed by atoms with Gasteiger partial charge in [0.15, 0.2) is 5.96 Å². The lowest BCUT2D eigenvalue weighted by Gasteiger charge is -2.38. The summed E-state index contributed by atoms with van der Waals surface area (Å²) < 4.78 is 11.3. The van der Waals surface area contributed by atoms with Crippen molar-refractivity contribution in [3.05, 3.63) is 53.7 Å². The van der Waals surface area contributed by atoms with E-state index in [-0.39, 0.29) is 42.1 Å². The highest BCUT2D eigenvalue weighted by Crippen LogP contribution is 2.51. The van der Waals surface area contributed by atoms with Crippen LogP contribution in [0.1, 0.15) is 70.2 Å². The van der Waals surface area contributed by atoms with E-state index < -0.39 is 17.2 Å². The molecular formula is C28H35N5O4. The molecule has 9 nitrogen and oxygen atoms in total. The number of nitrogens with two attached hydrogens (primary N) is 1. The summed E-state index contributed by atoms with van der Waals surface area (Å²) in [5, 5.41) is 3.27. The van der Waals surface area contributed by atoms with Gasteiger partial charge in [-0.05, 0) is 51.7 Å². The number of methoxy groups -OCH3 is 1. The van der Waals surface area contributed by atoms with Crippen molar-refractivity contribution in [3.63, 3.8) is 0 Å². The van der Waals surface area contributed by atoms with E-state index in [4.69, 9.17) is 15.2 Å². The molecule has 2 aliphatic heterocycles. The second-order valence-corrected chi connectivity index (χ2v) is 11.5. The van der Waals surface area contributed by atoms with E-state index in [1.54, 1.807) is 24.3 Å². The number of guanidine groups is 1. The van der Waals surface area contributed by atoms with Gasteiger partial charge in [-0.2, -0.15) is 0 Å². The van der Waals surface area contributed by atoms with Crippen LogP contribution in [0.5, 0.6) is 11.6 Å². The van der Waals surface area contributed by atoms with E-state index in [0.717, 1.165) is 16.9 Å². The number of carbonyl (C=O) groups is 2. The van der Waals surface area contributed by atoms with Gasteiger partial charge in [0.25, 0.3) is 0 Å². The molecule has 37 heavy (non-hydrogen) atoms. The first-order chi connectivity index (χ1) is 17.5. The highest BCUT2D eigenvalue weighted by atomic mass is 16.5. The van der Waals surface area contributed by atoms with Gasteiger partial charge in [0.05, 0.1) is 31.2 Å². The Kier molecular flexibility index (Phi) is 6.12. The Labute approximate surface area is 217 Å². The summed E-state index contributed by atoms with van der Waals surface area (Å²) in [6.07, 6.45) is 3.23. The Hall–Kier alpha value is -3.62. The predicted molar refractivity (Wildman–Crippen MR) is 139 cm³/mol. The fourth-order valence-electron chi connectivity index (χ4n) is 5.63. The van der Waals surface area contributed by atoms with Crippen LogP contribution < -0.4 is 20.5 Å². The zero-order valence-corrected chi connectivity index (χ0v) is 22.0. The second kappa shape index (κ2) is 9.04. The number of rotatable bonds is 6. The molecule has 1 unspecified atom stereocenters. The monoisotopic (exact) mass is 505 g/mol. The van der Waals surface area contributed by atoms with E-state index >= 15 is 0 Å². The number of fused-ring (bicyclic) bond motifs is 1. The predicted octanol–water partition coefficient (Wildman–Crippen LogP) is 3.51. The topological polar surface area (TPSA) is 119 Å². The minimum atomic E-state index is -0.566. The number of amides is 2. The fourth-order valence-corrected chi connectivity index (χ4v) is 5.63. The molecule has 3 aliphatic rings. The molecule has 5 rings (SSSR count). The van der Waals surface area contributed by atoms with Crippen LogP contribution in [0.25, 0.3) is 0 Å². The van der Waals surface area contributed by atoms with Gasteiger partial charge in [-0.25, -0.2) is 9.98 Å². The van der Waals surface area contributed by atoms with Gasteiger partial charge in [0.1, 0.15) is 11.4 Å². The normalized spacial score (nSPS) is 26.3. The molecule has 4 atom stereocenters. The van der Waals surface area contributed by atoms with E-state index in [0.29, 0.717) is 18.7 Å². The minimum Gasteiger partial charge on any atom is -0.487 e. The summed E-state index contributed by atoms with van der Waals surface area (Å²) in [5.41, 5.74) is 7.17. The van der Waals surface area contributed by atoms with E-state index in [1.165, 1.54) is 0 Å². The SMILES string of the molecule is COc1ccc([C@H](C2C[C@H]2C(=O)N[C@H]2CC(C)(C)Oc3ccccc32)N2C(=O)CC(C)(C)N=C2N)cn1. The maximum atomic E-state index is 13.5. The third-order valence-corrected chi connectivity index (χ3v) is 7.38. The molecule has 9 heteroatoms. The number of para-hydroxylation sites is 1. The first-order valence-corrected chi connectivity index (χ1v) is 12.7. The third kappa shape index (κ3) is 4.99. The van der Waals surface area contributed by atoms with Gasteiger partial charge in [0.2, 0.25) is 17.7 Å². The first-order valence-electron chi connectivity index (χ1n) is 12.7. The van der Waals surface area contributed by atoms with E-state index in [9.17, 15) is 9.59 Å². The van der Waals surface area contributed by atoms with Crippen LogP contribution >= 0.6 is 0 Å². The van der Waals surface area contributed by atoms with Gasteiger partial charge >= 0.3 is 0 Å². The maximum Gasteiger partial charge on any atom is 0.232 e. The molecule has 1 aliphatic carbocycles. The largest absolute Gasteiger partial charge is 0.487 e. The summed E-state index contributed by atoms with van der Waals surface area (Å²) >= 11 is 0. The summed E-state index contributed by atoms with van der Waals surface area (Å²) in [6, 6.07) is 10.9. The number of nitrogens with zero attached hydrogens (tertiary/aromatic N) is 3. The number of pyridine rings is 1. The lowest BCUT2D eigenvalue weighted by atomic mass is 9.89. The van der Waals surface area contributed by atoms with Crippen molar-refractivity contribution >= 4 is 17.8 Å². The smallest absolute Gasteiger partial charge is 0.232 e. The summed E-state index contributed by atoms with van der Waals surface area (Å²) in [5.74, 6) is 0.926. The van der Waals surface area contributed by atoms with Gasteiger partial charge in [0, 0.05) is 30.2 Å². The summed E-state index contributed by atoms with van der Waals surface area (Å²) in [4.78, 5) is 37.3. The molecule has 0 radical (unpaired) electrons. The Morgan fingerprint density at radius 2 is 1.97 bits per heavy atom. The van der Waals surface area contributed by atoms with Gasteiger partial charge < -0.3 is 20.5 Å². The van der Waals surface area contributed by atoms with E-state index in [2.05, 4.69) is 15.3 Å². The Morgan fingerprint density at radius 1 is 1.22 bits per heavy atom. The van der Waals surface area contributed by atoms with Gasteiger partial charge in [-0.3, -0.25) is 14.5 Å². The number of aromatic nitrogens is 1. The number of ether oxygens (including phenoxy) is 2. The molecule has 3 N–H and O–H groups in total. The van der Waals surface area contributed by atoms with Crippen LogP contribution in [0.15, 0.2) is 47.6 Å². The molecule has 0 bridgehead atoms. The zero-order chi connectivity index (χ0) is 26.5. The molecule has 0 spiro atoms. The number of benzene rings is 1. The number of nitrogens with one attached hydrogen (secondary N) is 1. The lowest BCUT2D eigenvalue weighted by molar-refractivity contribution is -0.132. The van der Waals surface area contributed by atoms with Crippen LogP contribution in [0.4, 0.5) is 0 Å². The van der Waals surface area contributed by atoms with Crippen molar-refractivity contribution in [1.29, 1.82) is 0 Å². The molecule has 3 heterocycles. The van der Waals surface area contributed by atoms with Crippen LogP contribution in [0, 0.1) is 11.8 Å². The first kappa shape index (κ1) is 25.0. The molecule has 2 amide bonds. The van der Waals surface area contributed by atoms with Gasteiger partial charge in [-0.1, -0.05) is 24.3 Å². The molecule has 1 aromatic carbocycles. The highest BCUT2D eigenvalue weighted by molar-refractivity contribution is 5.99. The molecule has 1 fully saturated rings. The van der Waals surface area contributed by atoms with Crippen molar-refractivity contribution in [1.82, 2.24) is 15.2 Å². The van der Waals surface area contributed by atoms with Crippen molar-refractivity contribution in [3.8, 4) is 11.6 Å². The van der Waals surface area contributed by atoms with Crippen LogP contribution in [0.2, 0.25) is 0 Å². The van der Waals surface area contributed by atoms with Crippen LogP contribution in [0.3, 0.4) is 0 Å². The standard InChI is InChI=1S/C28H35N5O4/c1-27(2)14-23(34)33(26(29)32-27)24(16-10-11-22(36-5)30-15-16)18-12-19(18)25(35)31-20-13-28(3,4)37-21-9-7-6-8-17(20)21/h6-11,15,18-20,24H,12-14H2,1-5H3,(H2,29,32)(H,31,35)/t18?,19-,20+,24-/m1/s1. The Morgan fingerprint density at radius 3 is 2.65 bits per heavy atom. The molecule has 1 aromatic heterocycles. The molecular weight excluding hydrogens is 470 g/mol. The highest BCUT2D eigenvalue weighted by Gasteiger charge is 2.53. The second-order valence-electron chi connectivity index (χ2n) is 11.5. The minimum absolute atomic E-state index is 0.0331. The number of aliphatic imine (C=N–C) groups is 1. The van der Waals surface area contributed by atoms with Crippen molar-refractivity contribution in [2.24, 2.45) is 22.6 Å². The Bertz CT molecular complexity index is 1240. The van der Waals surface area contributed by atoms with E-state index in [1.807, 2.05) is 58.0 Å². The van der Waals surface area contributed by atoms with Crippen molar-refractivity contribution < 1.29 is 19.1 Å². The number of hydrogen-bond donors (Lipinski definition) is 2. The average Bonchev–Trinajstić information content (AvgIpc) is 3.61. The molecule has 196 valence electrons. The van der Waals surface area contributed by atoms with Gasteiger partial charge in [-0.15, -0.1) is 0 Å². The van der Waals surface area contributed by atoms with Crippen molar-refractivity contribution in [2.75, 3.05) is 7.11 Å². The summed E-state index contributed by atoms with van der Waals surface area (Å²) in [6.45, 7) is 7.83. The molecule has 1 saturated carbocycles. The summed E-state index contributed by atoms with van der Waals surface area (Å²) in [7, 11) is 1.55. The van der Waals surface area contributed by atoms with Crippen molar-refractivity contribution in [2.45, 2.75) is 70.2 Å². The maximum absolute atomic E-state index is 13.5. The zero-order valence-electron chi connectivity index (χ0n) is 22.0. The van der Waals surface area contributed by atoms with Crippen LogP contribution in [-0.2, 0) is 9.59 Å². The third-order valence-electron chi connectivity index (χ3n) is 7.38. The lowest BCUT2D eigenvalue weighted by Crippen LogP contribution is -2.52. The number of carbonyl (C=O) groups excluding carboxylic acids is 2. The molecule has 0 saturated heterocycles.